The van der Waals surface area contributed by atoms with Crippen LogP contribution >= 0.6 is 11.3 Å². The minimum absolute atomic E-state index is 0.120. The van der Waals surface area contributed by atoms with Gasteiger partial charge in [-0.25, -0.2) is 9.67 Å². The molecule has 0 fully saturated rings. The Kier molecular flexibility index (Phi) is 2.85. The lowest BCUT2D eigenvalue weighted by atomic mass is 10.2. The molecular formula is C13H14N4S. The van der Waals surface area contributed by atoms with Gasteiger partial charge in [0.15, 0.2) is 5.82 Å². The summed E-state index contributed by atoms with van der Waals surface area (Å²) >= 11 is 1.76. The van der Waals surface area contributed by atoms with Crippen molar-refractivity contribution in [1.82, 2.24) is 14.8 Å². The number of hydrogen-bond donors (Lipinski definition) is 1. The highest BCUT2D eigenvalue weighted by atomic mass is 32.1. The van der Waals surface area contributed by atoms with Gasteiger partial charge < -0.3 is 5.73 Å². The number of aromatic nitrogens is 3. The van der Waals surface area contributed by atoms with Crippen molar-refractivity contribution in [2.24, 2.45) is 5.73 Å². The van der Waals surface area contributed by atoms with Crippen LogP contribution in [0, 0.1) is 0 Å². The number of nitrogens with two attached hydrogens (primary N) is 1. The molecule has 1 unspecified atom stereocenters. The fourth-order valence-electron chi connectivity index (χ4n) is 1.92. The van der Waals surface area contributed by atoms with Gasteiger partial charge in [0.05, 0.1) is 12.6 Å². The van der Waals surface area contributed by atoms with Crippen LogP contribution in [0.25, 0.3) is 10.1 Å². The van der Waals surface area contributed by atoms with Gasteiger partial charge in [0.25, 0.3) is 0 Å². The highest BCUT2D eigenvalue weighted by Gasteiger charge is 2.08. The van der Waals surface area contributed by atoms with E-state index in [0.29, 0.717) is 5.82 Å². The zero-order valence-electron chi connectivity index (χ0n) is 10.1. The Morgan fingerprint density at radius 2 is 2.22 bits per heavy atom. The van der Waals surface area contributed by atoms with Crippen molar-refractivity contribution in [2.75, 3.05) is 0 Å². The Labute approximate surface area is 109 Å². The van der Waals surface area contributed by atoms with Crippen molar-refractivity contribution in [3.8, 4) is 0 Å². The lowest BCUT2D eigenvalue weighted by Crippen LogP contribution is -2.08. The van der Waals surface area contributed by atoms with Crippen LogP contribution in [0.15, 0.2) is 36.0 Å². The molecule has 1 atom stereocenters. The predicted octanol–water partition coefficient (Wildman–Crippen LogP) is 2.56. The van der Waals surface area contributed by atoms with E-state index in [9.17, 15) is 0 Å². The molecule has 0 radical (unpaired) electrons. The SMILES string of the molecule is CC(N)c1ncn(Cc2csc3ccccc23)n1. The smallest absolute Gasteiger partial charge is 0.166 e. The maximum absolute atomic E-state index is 5.75. The molecular weight excluding hydrogens is 244 g/mol. The highest BCUT2D eigenvalue weighted by molar-refractivity contribution is 7.17. The second-order valence-corrected chi connectivity index (χ2v) is 5.26. The highest BCUT2D eigenvalue weighted by Crippen LogP contribution is 2.26. The summed E-state index contributed by atoms with van der Waals surface area (Å²) in [5, 5.41) is 7.85. The molecule has 2 heterocycles. The number of fused-ring (bicyclic) bond motifs is 1. The summed E-state index contributed by atoms with van der Waals surface area (Å²) in [6.07, 6.45) is 1.74. The first-order chi connectivity index (χ1) is 8.74. The van der Waals surface area contributed by atoms with Crippen molar-refractivity contribution >= 4 is 21.4 Å². The normalized spacial score (nSPS) is 13.0. The van der Waals surface area contributed by atoms with E-state index in [4.69, 9.17) is 5.73 Å². The lowest BCUT2D eigenvalue weighted by molar-refractivity contribution is 0.652. The third-order valence-corrected chi connectivity index (χ3v) is 3.87. The van der Waals surface area contributed by atoms with Crippen molar-refractivity contribution in [2.45, 2.75) is 19.5 Å². The largest absolute Gasteiger partial charge is 0.321 e. The summed E-state index contributed by atoms with van der Waals surface area (Å²) in [6.45, 7) is 2.63. The summed E-state index contributed by atoms with van der Waals surface area (Å²) in [5.41, 5.74) is 7.03. The molecule has 0 aliphatic heterocycles. The van der Waals surface area contributed by atoms with E-state index >= 15 is 0 Å². The molecule has 4 nitrogen and oxygen atoms in total. The molecule has 0 aliphatic carbocycles. The van der Waals surface area contributed by atoms with Gasteiger partial charge >= 0.3 is 0 Å². The van der Waals surface area contributed by atoms with Gasteiger partial charge in [-0.3, -0.25) is 0 Å². The quantitative estimate of drug-likeness (QED) is 0.785. The minimum atomic E-state index is -0.120. The van der Waals surface area contributed by atoms with Gasteiger partial charge in [0, 0.05) is 4.70 Å². The van der Waals surface area contributed by atoms with Gasteiger partial charge in [-0.2, -0.15) is 5.10 Å². The Balaban J connectivity index is 1.91. The first kappa shape index (κ1) is 11.4. The van der Waals surface area contributed by atoms with Crippen LogP contribution in [0.5, 0.6) is 0 Å². The molecule has 2 N–H and O–H groups in total. The molecule has 3 aromatic rings. The van der Waals surface area contributed by atoms with E-state index in [0.717, 1.165) is 6.54 Å². The third kappa shape index (κ3) is 2.02. The Bertz CT molecular complexity index is 668. The van der Waals surface area contributed by atoms with E-state index in [-0.39, 0.29) is 6.04 Å². The molecule has 1 aromatic carbocycles. The van der Waals surface area contributed by atoms with Crippen LogP contribution in [0.2, 0.25) is 0 Å². The van der Waals surface area contributed by atoms with E-state index in [2.05, 4.69) is 39.7 Å². The molecule has 0 spiro atoms. The van der Waals surface area contributed by atoms with Crippen molar-refractivity contribution < 1.29 is 0 Å². The molecule has 0 bridgehead atoms. The molecule has 18 heavy (non-hydrogen) atoms. The zero-order valence-corrected chi connectivity index (χ0v) is 10.9. The van der Waals surface area contributed by atoms with Gasteiger partial charge in [-0.05, 0) is 29.3 Å². The van der Waals surface area contributed by atoms with E-state index in [1.165, 1.54) is 15.6 Å². The van der Waals surface area contributed by atoms with Crippen LogP contribution in [0.4, 0.5) is 0 Å². The summed E-state index contributed by atoms with van der Waals surface area (Å²) < 4.78 is 3.15. The van der Waals surface area contributed by atoms with Gasteiger partial charge in [-0.15, -0.1) is 11.3 Å². The monoisotopic (exact) mass is 258 g/mol. The number of rotatable bonds is 3. The second kappa shape index (κ2) is 4.51. The Morgan fingerprint density at radius 1 is 1.39 bits per heavy atom. The molecule has 0 saturated carbocycles. The first-order valence-corrected chi connectivity index (χ1v) is 6.72. The van der Waals surface area contributed by atoms with Crippen molar-refractivity contribution in [3.63, 3.8) is 0 Å². The number of hydrogen-bond acceptors (Lipinski definition) is 4. The molecule has 3 rings (SSSR count). The minimum Gasteiger partial charge on any atom is -0.321 e. The number of nitrogens with zero attached hydrogens (tertiary/aromatic N) is 3. The lowest BCUT2D eigenvalue weighted by Gasteiger charge is -2.00. The molecule has 5 heteroatoms. The summed E-state index contributed by atoms with van der Waals surface area (Å²) in [6, 6.07) is 8.29. The second-order valence-electron chi connectivity index (χ2n) is 4.35. The zero-order chi connectivity index (χ0) is 12.5. The van der Waals surface area contributed by atoms with Crippen LogP contribution in [0.3, 0.4) is 0 Å². The van der Waals surface area contributed by atoms with Crippen molar-refractivity contribution in [1.29, 1.82) is 0 Å². The first-order valence-electron chi connectivity index (χ1n) is 5.84. The van der Waals surface area contributed by atoms with E-state index < -0.39 is 0 Å². The summed E-state index contributed by atoms with van der Waals surface area (Å²) in [7, 11) is 0. The molecule has 0 saturated heterocycles. The average Bonchev–Trinajstić information content (AvgIpc) is 2.98. The Morgan fingerprint density at radius 3 is 3.00 bits per heavy atom. The predicted molar refractivity (Wildman–Crippen MR) is 73.6 cm³/mol. The molecule has 2 aromatic heterocycles. The summed E-state index contributed by atoms with van der Waals surface area (Å²) in [5.74, 6) is 0.689. The number of benzene rings is 1. The fraction of sp³-hybridized carbons (Fsp3) is 0.231. The maximum atomic E-state index is 5.75. The van der Waals surface area contributed by atoms with Gasteiger partial charge in [0.1, 0.15) is 6.33 Å². The van der Waals surface area contributed by atoms with Gasteiger partial charge in [0.2, 0.25) is 0 Å². The van der Waals surface area contributed by atoms with Gasteiger partial charge in [-0.1, -0.05) is 18.2 Å². The fourth-order valence-corrected chi connectivity index (χ4v) is 2.88. The van der Waals surface area contributed by atoms with Crippen LogP contribution in [0.1, 0.15) is 24.4 Å². The van der Waals surface area contributed by atoms with Crippen LogP contribution in [-0.2, 0) is 6.54 Å². The molecule has 0 aliphatic rings. The van der Waals surface area contributed by atoms with E-state index in [1.807, 2.05) is 11.6 Å². The van der Waals surface area contributed by atoms with Crippen molar-refractivity contribution in [3.05, 3.63) is 47.4 Å². The average molecular weight is 258 g/mol. The topological polar surface area (TPSA) is 56.7 Å². The van der Waals surface area contributed by atoms with Crippen LogP contribution in [-0.4, -0.2) is 14.8 Å². The number of thiophene rings is 1. The molecule has 92 valence electrons. The molecule has 0 amide bonds. The van der Waals surface area contributed by atoms with Crippen LogP contribution < -0.4 is 5.73 Å². The van der Waals surface area contributed by atoms with E-state index in [1.54, 1.807) is 17.7 Å². The Hall–Kier alpha value is -1.72. The maximum Gasteiger partial charge on any atom is 0.166 e. The standard InChI is InChI=1S/C13H14N4S/c1-9(14)13-15-8-17(16-13)6-10-7-18-12-5-3-2-4-11(10)12/h2-5,7-9H,6,14H2,1H3. The third-order valence-electron chi connectivity index (χ3n) is 2.85. The summed E-state index contributed by atoms with van der Waals surface area (Å²) in [4.78, 5) is 4.21.